The third-order valence-electron chi connectivity index (χ3n) is 6.99. The highest BCUT2D eigenvalue weighted by atomic mass is 16.5. The molecule has 1 aliphatic rings. The number of benzene rings is 3. The number of nitrogens with one attached hydrogen (secondary N) is 1. The molecule has 1 aromatic heterocycles. The summed E-state index contributed by atoms with van der Waals surface area (Å²) in [6.07, 6.45) is 1.25. The SMILES string of the molecule is CC(C)N1C[C@@H](CN(C)Cc2ccc(Oc3ccccc3)cc2)Oc2c(NC(=O)c3ccnn3C)cccc2C1=O. The summed E-state index contributed by atoms with van der Waals surface area (Å²) in [4.78, 5) is 30.5. The molecule has 1 N–H and O–H groups in total. The molecule has 9 heteroatoms. The van der Waals surface area contributed by atoms with E-state index in [1.807, 2.05) is 80.4 Å². The van der Waals surface area contributed by atoms with Crippen LogP contribution in [0.4, 0.5) is 5.69 Å². The molecule has 0 aliphatic carbocycles. The van der Waals surface area contributed by atoms with E-state index >= 15 is 0 Å². The fourth-order valence-electron chi connectivity index (χ4n) is 4.93. The molecule has 0 unspecified atom stereocenters. The Hall–Kier alpha value is -4.63. The first-order valence-electron chi connectivity index (χ1n) is 13.7. The van der Waals surface area contributed by atoms with Crippen molar-refractivity contribution in [2.24, 2.45) is 7.05 Å². The average molecular weight is 554 g/mol. The second kappa shape index (κ2) is 12.3. The van der Waals surface area contributed by atoms with Gasteiger partial charge in [-0.25, -0.2) is 0 Å². The molecule has 1 aliphatic heterocycles. The van der Waals surface area contributed by atoms with Crippen molar-refractivity contribution in [2.75, 3.05) is 25.5 Å². The third kappa shape index (κ3) is 6.58. The van der Waals surface area contributed by atoms with E-state index in [1.54, 1.807) is 37.5 Å². The Labute approximate surface area is 240 Å². The maximum atomic E-state index is 13.6. The molecule has 5 rings (SSSR count). The molecule has 9 nitrogen and oxygen atoms in total. The summed E-state index contributed by atoms with van der Waals surface area (Å²) in [5, 5.41) is 7.00. The molecule has 0 saturated carbocycles. The van der Waals surface area contributed by atoms with Crippen LogP contribution < -0.4 is 14.8 Å². The lowest BCUT2D eigenvalue weighted by Gasteiger charge is -2.30. The number of carbonyl (C=O) groups is 2. The predicted octanol–water partition coefficient (Wildman–Crippen LogP) is 5.21. The molecule has 2 amide bonds. The van der Waals surface area contributed by atoms with Crippen LogP contribution in [0.15, 0.2) is 85.1 Å². The lowest BCUT2D eigenvalue weighted by Crippen LogP contribution is -2.45. The van der Waals surface area contributed by atoms with Gasteiger partial charge in [-0.2, -0.15) is 5.10 Å². The Bertz CT molecular complexity index is 1500. The second-order valence-corrected chi connectivity index (χ2v) is 10.5. The van der Waals surface area contributed by atoms with Gasteiger partial charge in [-0.3, -0.25) is 19.2 Å². The van der Waals surface area contributed by atoms with Crippen molar-refractivity contribution in [1.29, 1.82) is 0 Å². The summed E-state index contributed by atoms with van der Waals surface area (Å²) in [5.74, 6) is 1.51. The van der Waals surface area contributed by atoms with Gasteiger partial charge in [0, 0.05) is 32.4 Å². The van der Waals surface area contributed by atoms with Crippen LogP contribution in [0, 0.1) is 0 Å². The van der Waals surface area contributed by atoms with Crippen LogP contribution in [0.25, 0.3) is 0 Å². The lowest BCUT2D eigenvalue weighted by atomic mass is 10.1. The number of amides is 2. The number of aryl methyl sites for hydroxylation is 1. The highest BCUT2D eigenvalue weighted by molar-refractivity contribution is 6.06. The zero-order chi connectivity index (χ0) is 28.9. The van der Waals surface area contributed by atoms with Crippen LogP contribution in [0.2, 0.25) is 0 Å². The van der Waals surface area contributed by atoms with Crippen LogP contribution >= 0.6 is 0 Å². The van der Waals surface area contributed by atoms with E-state index in [9.17, 15) is 9.59 Å². The van der Waals surface area contributed by atoms with E-state index in [-0.39, 0.29) is 24.0 Å². The summed E-state index contributed by atoms with van der Waals surface area (Å²) in [7, 11) is 3.73. The number of carbonyl (C=O) groups excluding carboxylic acids is 2. The number of nitrogens with zero attached hydrogens (tertiary/aromatic N) is 4. The minimum atomic E-state index is -0.326. The number of likely N-dealkylation sites (N-methyl/N-ethyl adjacent to an activating group) is 1. The van der Waals surface area contributed by atoms with Gasteiger partial charge in [0.05, 0.1) is 17.8 Å². The van der Waals surface area contributed by atoms with E-state index in [1.165, 1.54) is 4.68 Å². The first-order chi connectivity index (χ1) is 19.8. The van der Waals surface area contributed by atoms with Gasteiger partial charge in [-0.1, -0.05) is 36.4 Å². The Morgan fingerprint density at radius 1 is 1.05 bits per heavy atom. The van der Waals surface area contributed by atoms with Crippen molar-refractivity contribution >= 4 is 17.5 Å². The Morgan fingerprint density at radius 2 is 1.78 bits per heavy atom. The molecule has 4 aromatic rings. The molecule has 0 saturated heterocycles. The number of para-hydroxylation sites is 2. The summed E-state index contributed by atoms with van der Waals surface area (Å²) in [6, 6.07) is 24.6. The summed E-state index contributed by atoms with van der Waals surface area (Å²) >= 11 is 0. The van der Waals surface area contributed by atoms with Gasteiger partial charge >= 0.3 is 0 Å². The topological polar surface area (TPSA) is 88.9 Å². The number of anilines is 1. The normalized spacial score (nSPS) is 14.9. The van der Waals surface area contributed by atoms with Crippen LogP contribution in [0.5, 0.6) is 17.2 Å². The third-order valence-corrected chi connectivity index (χ3v) is 6.99. The Kier molecular flexibility index (Phi) is 8.35. The van der Waals surface area contributed by atoms with Gasteiger partial charge in [0.2, 0.25) is 0 Å². The number of fused-ring (bicyclic) bond motifs is 1. The molecule has 1 atom stereocenters. The van der Waals surface area contributed by atoms with Crippen molar-refractivity contribution in [3.8, 4) is 17.2 Å². The number of aromatic nitrogens is 2. The van der Waals surface area contributed by atoms with Crippen LogP contribution in [0.1, 0.15) is 40.3 Å². The van der Waals surface area contributed by atoms with E-state index in [2.05, 4.69) is 15.3 Å². The van der Waals surface area contributed by atoms with Crippen LogP contribution in [0.3, 0.4) is 0 Å². The molecule has 3 aromatic carbocycles. The quantitative estimate of drug-likeness (QED) is 0.306. The van der Waals surface area contributed by atoms with Gasteiger partial charge in [0.25, 0.3) is 11.8 Å². The highest BCUT2D eigenvalue weighted by Crippen LogP contribution is 2.34. The first-order valence-corrected chi connectivity index (χ1v) is 13.7. The fraction of sp³-hybridized carbons (Fsp3) is 0.281. The molecule has 0 radical (unpaired) electrons. The highest BCUT2D eigenvalue weighted by Gasteiger charge is 2.33. The number of hydrogen-bond acceptors (Lipinski definition) is 6. The largest absolute Gasteiger partial charge is 0.484 e. The first kappa shape index (κ1) is 27.9. The number of hydrogen-bond donors (Lipinski definition) is 1. The predicted molar refractivity (Wildman–Crippen MR) is 157 cm³/mol. The van der Waals surface area contributed by atoms with Crippen molar-refractivity contribution in [3.05, 3.63) is 102 Å². The zero-order valence-corrected chi connectivity index (χ0v) is 23.8. The van der Waals surface area contributed by atoms with E-state index in [4.69, 9.17) is 9.47 Å². The van der Waals surface area contributed by atoms with Crippen molar-refractivity contribution in [2.45, 2.75) is 32.5 Å². The minimum absolute atomic E-state index is 0.0188. The van der Waals surface area contributed by atoms with Crippen molar-refractivity contribution in [3.63, 3.8) is 0 Å². The van der Waals surface area contributed by atoms with Crippen LogP contribution in [-0.4, -0.2) is 63.7 Å². The molecule has 212 valence electrons. The summed E-state index contributed by atoms with van der Waals surface area (Å²) in [5.41, 5.74) is 2.42. The summed E-state index contributed by atoms with van der Waals surface area (Å²) < 4.78 is 13.9. The van der Waals surface area contributed by atoms with Crippen molar-refractivity contribution < 1.29 is 19.1 Å². The van der Waals surface area contributed by atoms with Crippen molar-refractivity contribution in [1.82, 2.24) is 19.6 Å². The van der Waals surface area contributed by atoms with Gasteiger partial charge in [0.1, 0.15) is 23.3 Å². The second-order valence-electron chi connectivity index (χ2n) is 10.5. The molecule has 41 heavy (non-hydrogen) atoms. The molecular weight excluding hydrogens is 518 g/mol. The minimum Gasteiger partial charge on any atom is -0.484 e. The lowest BCUT2D eigenvalue weighted by molar-refractivity contribution is 0.0605. The maximum Gasteiger partial charge on any atom is 0.274 e. The van der Waals surface area contributed by atoms with E-state index in [0.29, 0.717) is 42.3 Å². The molecule has 0 spiro atoms. The van der Waals surface area contributed by atoms with Gasteiger partial charge in [0.15, 0.2) is 5.75 Å². The van der Waals surface area contributed by atoms with Crippen LogP contribution in [-0.2, 0) is 13.6 Å². The number of ether oxygens (including phenoxy) is 2. The Morgan fingerprint density at radius 3 is 2.46 bits per heavy atom. The number of rotatable bonds is 9. The van der Waals surface area contributed by atoms with E-state index < -0.39 is 0 Å². The summed E-state index contributed by atoms with van der Waals surface area (Å²) in [6.45, 7) is 5.68. The Balaban J connectivity index is 1.31. The van der Waals surface area contributed by atoms with Gasteiger partial charge < -0.3 is 19.7 Å². The fourth-order valence-corrected chi connectivity index (χ4v) is 4.93. The molecule has 0 bridgehead atoms. The zero-order valence-electron chi connectivity index (χ0n) is 23.8. The molecule has 0 fully saturated rings. The molecular formula is C32H35N5O4. The monoisotopic (exact) mass is 553 g/mol. The molecule has 2 heterocycles. The van der Waals surface area contributed by atoms with Gasteiger partial charge in [-0.05, 0) is 68.9 Å². The van der Waals surface area contributed by atoms with E-state index in [0.717, 1.165) is 17.1 Å². The average Bonchev–Trinajstić information content (AvgIpc) is 3.33. The maximum absolute atomic E-state index is 13.6. The standard InChI is InChI=1S/C32H35N5O4/c1-22(2)37-21-26(20-35(3)19-23-13-15-25(16-14-23)40-24-9-6-5-7-10-24)41-30-27(32(37)39)11-8-12-28(30)34-31(38)29-17-18-33-36(29)4/h5-18,22,26H,19-21H2,1-4H3,(H,34,38)/t26-/m1/s1. The smallest absolute Gasteiger partial charge is 0.274 e. The van der Waals surface area contributed by atoms with Gasteiger partial charge in [-0.15, -0.1) is 0 Å².